The first-order valence-electron chi connectivity index (χ1n) is 20.9. The molecule has 61 heavy (non-hydrogen) atoms. The third-order valence-electron chi connectivity index (χ3n) is 11.4. The number of fused-ring (bicyclic) bond motifs is 1. The predicted octanol–water partition coefficient (Wildman–Crippen LogP) is -0.336. The Hall–Kier alpha value is -5.28. The smallest absolute Gasteiger partial charge is 0.315 e. The standard InChI is InChI=1S/C40H55N11O8S2/c52-31(6-3-14-51-34(55)11-12-35(51)56)41-24-36(57)50-22-20-48(21-23-50)33(54)13-15-47-16-18-49(19-17-47)37(58)25-42-40(60)44-28-9-7-27(8-10-28)43-32(53)5-2-1-4-30-38-29(26-61-30)45-39(59)46-38/h7-12,29-30,38H,1-6,13-26H2,(H,41,52)(H,43,53)(H2,42,44,60)(H2,45,46,59)/t29-,30-,38-/m0/s1. The van der Waals surface area contributed by atoms with Crippen LogP contribution in [0, 0.1) is 0 Å². The topological polar surface area (TPSA) is 225 Å². The average molecular weight is 882 g/mol. The van der Waals surface area contributed by atoms with Crippen molar-refractivity contribution in [1.82, 2.24) is 45.8 Å². The Morgan fingerprint density at radius 2 is 1.23 bits per heavy atom. The minimum atomic E-state index is -0.395. The number of anilines is 2. The first-order valence-corrected chi connectivity index (χ1v) is 22.4. The number of benzene rings is 1. The number of unbranched alkanes of at least 4 members (excludes halogenated alkanes) is 1. The van der Waals surface area contributed by atoms with Crippen molar-refractivity contribution in [2.75, 3.05) is 94.9 Å². The molecule has 330 valence electrons. The number of imide groups is 1. The lowest BCUT2D eigenvalue weighted by Gasteiger charge is -2.36. The number of hydrogen-bond acceptors (Lipinski definition) is 11. The van der Waals surface area contributed by atoms with E-state index in [-0.39, 0.29) is 73.7 Å². The van der Waals surface area contributed by atoms with Crippen LogP contribution in [0.1, 0.15) is 44.9 Å². The number of hydrogen-bond donors (Lipinski definition) is 6. The van der Waals surface area contributed by atoms with E-state index in [1.54, 1.807) is 39.0 Å². The molecule has 0 aliphatic carbocycles. The van der Waals surface area contributed by atoms with Crippen LogP contribution in [0.15, 0.2) is 36.4 Å². The van der Waals surface area contributed by atoms with Crippen molar-refractivity contribution in [3.05, 3.63) is 36.4 Å². The molecule has 5 heterocycles. The molecule has 6 rings (SSSR count). The molecular weight excluding hydrogens is 827 g/mol. The Morgan fingerprint density at radius 1 is 0.656 bits per heavy atom. The first kappa shape index (κ1) is 45.3. The summed E-state index contributed by atoms with van der Waals surface area (Å²) in [4.78, 5) is 106. The fourth-order valence-corrected chi connectivity index (χ4v) is 9.57. The summed E-state index contributed by atoms with van der Waals surface area (Å²) in [5.74, 6) is -0.565. The fourth-order valence-electron chi connectivity index (χ4n) is 7.84. The largest absolute Gasteiger partial charge is 0.353 e. The molecule has 0 radical (unpaired) electrons. The summed E-state index contributed by atoms with van der Waals surface area (Å²) < 4.78 is 0. The molecule has 5 aliphatic heterocycles. The zero-order valence-corrected chi connectivity index (χ0v) is 35.8. The van der Waals surface area contributed by atoms with Gasteiger partial charge in [-0.25, -0.2) is 4.79 Å². The highest BCUT2D eigenvalue weighted by Crippen LogP contribution is 2.33. The van der Waals surface area contributed by atoms with Gasteiger partial charge in [-0.1, -0.05) is 6.42 Å². The summed E-state index contributed by atoms with van der Waals surface area (Å²) in [6.07, 6.45) is 6.17. The lowest BCUT2D eigenvalue weighted by Crippen LogP contribution is -2.53. The number of rotatable bonds is 18. The van der Waals surface area contributed by atoms with Crippen LogP contribution >= 0.6 is 24.0 Å². The van der Waals surface area contributed by atoms with E-state index in [9.17, 15) is 38.4 Å². The van der Waals surface area contributed by atoms with E-state index in [1.807, 2.05) is 11.8 Å². The maximum atomic E-state index is 13.0. The van der Waals surface area contributed by atoms with E-state index >= 15 is 0 Å². The Kier molecular flexibility index (Phi) is 16.3. The van der Waals surface area contributed by atoms with Crippen molar-refractivity contribution in [3.63, 3.8) is 0 Å². The Morgan fingerprint density at radius 3 is 1.89 bits per heavy atom. The van der Waals surface area contributed by atoms with Gasteiger partial charge < -0.3 is 46.6 Å². The first-order chi connectivity index (χ1) is 29.4. The van der Waals surface area contributed by atoms with E-state index in [1.165, 1.54) is 12.2 Å². The summed E-state index contributed by atoms with van der Waals surface area (Å²) in [5, 5.41) is 18.2. The molecule has 19 nitrogen and oxygen atoms in total. The van der Waals surface area contributed by atoms with E-state index in [0.29, 0.717) is 99.9 Å². The zero-order valence-electron chi connectivity index (χ0n) is 34.2. The molecule has 0 aromatic heterocycles. The van der Waals surface area contributed by atoms with Gasteiger partial charge in [0.1, 0.15) is 0 Å². The van der Waals surface area contributed by atoms with Crippen LogP contribution in [0.25, 0.3) is 0 Å². The van der Waals surface area contributed by atoms with Gasteiger partial charge in [0.15, 0.2) is 5.11 Å². The van der Waals surface area contributed by atoms with Gasteiger partial charge in [0.25, 0.3) is 11.8 Å². The van der Waals surface area contributed by atoms with Crippen LogP contribution in [-0.2, 0) is 33.6 Å². The van der Waals surface area contributed by atoms with Crippen LogP contribution < -0.4 is 31.9 Å². The predicted molar refractivity (Wildman–Crippen MR) is 232 cm³/mol. The van der Waals surface area contributed by atoms with Crippen molar-refractivity contribution < 1.29 is 38.4 Å². The molecule has 0 unspecified atom stereocenters. The minimum absolute atomic E-state index is 0.00736. The zero-order chi connectivity index (χ0) is 43.3. The molecule has 21 heteroatoms. The van der Waals surface area contributed by atoms with Crippen molar-refractivity contribution >= 4 is 87.8 Å². The lowest BCUT2D eigenvalue weighted by atomic mass is 10.0. The molecule has 3 atom stereocenters. The molecule has 4 fully saturated rings. The van der Waals surface area contributed by atoms with Gasteiger partial charge in [-0.15, -0.1) is 0 Å². The molecule has 5 aliphatic rings. The van der Waals surface area contributed by atoms with Gasteiger partial charge in [-0.05, 0) is 55.7 Å². The lowest BCUT2D eigenvalue weighted by molar-refractivity contribution is -0.140. The normalized spacial score (nSPS) is 21.2. The average Bonchev–Trinajstić information content (AvgIpc) is 3.93. The molecule has 1 aromatic carbocycles. The number of nitrogens with zero attached hydrogens (tertiary/aromatic N) is 5. The number of amides is 9. The van der Waals surface area contributed by atoms with E-state index < -0.39 is 11.8 Å². The Labute approximate surface area is 364 Å². The van der Waals surface area contributed by atoms with Gasteiger partial charge in [-0.2, -0.15) is 11.8 Å². The van der Waals surface area contributed by atoms with Gasteiger partial charge in [0.2, 0.25) is 29.5 Å². The quantitative estimate of drug-likeness (QED) is 0.0482. The maximum absolute atomic E-state index is 13.0. The van der Waals surface area contributed by atoms with Gasteiger partial charge >= 0.3 is 6.03 Å². The second kappa shape index (κ2) is 22.0. The van der Waals surface area contributed by atoms with E-state index in [2.05, 4.69) is 36.8 Å². The van der Waals surface area contributed by atoms with Gasteiger partial charge in [-0.3, -0.25) is 43.4 Å². The number of thioether (sulfide) groups is 1. The number of thiocarbonyl (C=S) groups is 1. The second-order valence-electron chi connectivity index (χ2n) is 15.6. The number of carbonyl (C=O) groups is 8. The van der Waals surface area contributed by atoms with Crippen molar-refractivity contribution in [3.8, 4) is 0 Å². The third kappa shape index (κ3) is 13.4. The van der Waals surface area contributed by atoms with Crippen LogP contribution in [0.3, 0.4) is 0 Å². The third-order valence-corrected chi connectivity index (χ3v) is 13.1. The summed E-state index contributed by atoms with van der Waals surface area (Å²) >= 11 is 7.28. The Bertz CT molecular complexity index is 1830. The van der Waals surface area contributed by atoms with Crippen LogP contribution in [-0.4, -0.2) is 179 Å². The number of carbonyl (C=O) groups excluding carboxylic acids is 8. The maximum Gasteiger partial charge on any atom is 0.315 e. The highest BCUT2D eigenvalue weighted by atomic mass is 32.2. The molecule has 6 N–H and O–H groups in total. The second-order valence-corrected chi connectivity index (χ2v) is 17.3. The Balaban J connectivity index is 0.768. The summed E-state index contributed by atoms with van der Waals surface area (Å²) in [6, 6.07) is 7.47. The molecule has 0 bridgehead atoms. The SMILES string of the molecule is O=C(CCCN1C(=O)C=CC1=O)NCC(=O)N1CCN(C(=O)CCN2CCN(C(=O)CNC(=S)Nc3ccc(NC(=O)CCCC[C@@H]4SC[C@@H]5NC(=O)N[C@@H]54)cc3)CC2)CC1. The minimum Gasteiger partial charge on any atom is -0.353 e. The van der Waals surface area contributed by atoms with E-state index in [0.717, 1.165) is 29.9 Å². The monoisotopic (exact) mass is 881 g/mol. The van der Waals surface area contributed by atoms with Crippen molar-refractivity contribution in [2.45, 2.75) is 62.3 Å². The summed E-state index contributed by atoms with van der Waals surface area (Å²) in [6.45, 7) is 4.50. The fraction of sp³-hybridized carbons (Fsp3) is 0.575. The van der Waals surface area contributed by atoms with Gasteiger partial charge in [0, 0.05) is 119 Å². The van der Waals surface area contributed by atoms with Crippen molar-refractivity contribution in [2.24, 2.45) is 0 Å². The highest BCUT2D eigenvalue weighted by molar-refractivity contribution is 8.00. The molecular formula is C40H55N11O8S2. The van der Waals surface area contributed by atoms with Gasteiger partial charge in [0.05, 0.1) is 25.2 Å². The van der Waals surface area contributed by atoms with Crippen LogP contribution in [0.4, 0.5) is 16.2 Å². The molecule has 1 aromatic rings. The summed E-state index contributed by atoms with van der Waals surface area (Å²) in [5.41, 5.74) is 1.39. The van der Waals surface area contributed by atoms with Crippen LogP contribution in [0.5, 0.6) is 0 Å². The molecule has 0 saturated carbocycles. The highest BCUT2D eigenvalue weighted by Gasteiger charge is 2.42. The van der Waals surface area contributed by atoms with Crippen molar-refractivity contribution in [1.29, 1.82) is 0 Å². The number of piperazine rings is 2. The number of urea groups is 1. The van der Waals surface area contributed by atoms with Crippen LogP contribution in [0.2, 0.25) is 0 Å². The summed E-state index contributed by atoms with van der Waals surface area (Å²) in [7, 11) is 0. The van der Waals surface area contributed by atoms with E-state index in [4.69, 9.17) is 12.2 Å². The number of nitrogens with one attached hydrogen (secondary N) is 6. The molecule has 4 saturated heterocycles. The molecule has 9 amide bonds. The molecule has 0 spiro atoms.